The summed E-state index contributed by atoms with van der Waals surface area (Å²) in [6, 6.07) is 13.4. The first-order valence-corrected chi connectivity index (χ1v) is 12.3. The van der Waals surface area contributed by atoms with Gasteiger partial charge in [0.05, 0.1) is 0 Å². The van der Waals surface area contributed by atoms with Crippen LogP contribution < -0.4 is 16.0 Å². The second-order valence-electron chi connectivity index (χ2n) is 9.31. The van der Waals surface area contributed by atoms with Crippen LogP contribution >= 0.6 is 11.3 Å². The van der Waals surface area contributed by atoms with Crippen LogP contribution in [-0.4, -0.2) is 34.7 Å². The van der Waals surface area contributed by atoms with Gasteiger partial charge in [0.1, 0.15) is 10.8 Å². The van der Waals surface area contributed by atoms with Crippen molar-refractivity contribution in [1.82, 2.24) is 9.97 Å². The first kappa shape index (κ1) is 28.0. The summed E-state index contributed by atoms with van der Waals surface area (Å²) in [4.78, 5) is 33.4. The van der Waals surface area contributed by atoms with Crippen molar-refractivity contribution in [3.63, 3.8) is 0 Å². The molecule has 0 saturated carbocycles. The molecule has 3 heterocycles. The highest BCUT2D eigenvalue weighted by Crippen LogP contribution is 2.34. The number of aromatic nitrogens is 2. The smallest absolute Gasteiger partial charge is 0.270 e. The second kappa shape index (κ2) is 12.4. The van der Waals surface area contributed by atoms with Gasteiger partial charge in [-0.15, -0.1) is 0 Å². The number of amides is 1. The minimum absolute atomic E-state index is 0. The molecule has 1 aliphatic heterocycles. The van der Waals surface area contributed by atoms with E-state index in [1.807, 2.05) is 42.5 Å². The number of rotatable bonds is 5. The van der Waals surface area contributed by atoms with Crippen molar-refractivity contribution in [2.45, 2.75) is 59.8 Å². The summed E-state index contributed by atoms with van der Waals surface area (Å²) < 4.78 is 0. The maximum absolute atomic E-state index is 11.6. The van der Waals surface area contributed by atoms with E-state index in [0.717, 1.165) is 36.6 Å². The summed E-state index contributed by atoms with van der Waals surface area (Å²) in [7, 11) is 0. The van der Waals surface area contributed by atoms with Gasteiger partial charge in [0, 0.05) is 24.8 Å². The minimum atomic E-state index is -0.520. The first-order valence-electron chi connectivity index (χ1n) is 11.5. The lowest BCUT2D eigenvalue weighted by molar-refractivity contribution is 0.0993. The fraction of sp³-hybridized carbons (Fsp3) is 0.407. The number of hydrogen-bond donors (Lipinski definition) is 2. The van der Waals surface area contributed by atoms with E-state index in [4.69, 9.17) is 5.73 Å². The van der Waals surface area contributed by atoms with Crippen molar-refractivity contribution < 1.29 is 9.59 Å². The molecular formula is C27H37N5O2S. The molecule has 1 amide bonds. The van der Waals surface area contributed by atoms with Gasteiger partial charge < -0.3 is 16.0 Å². The quantitative estimate of drug-likeness (QED) is 0.409. The monoisotopic (exact) mass is 495 g/mol. The predicted molar refractivity (Wildman–Crippen MR) is 146 cm³/mol. The van der Waals surface area contributed by atoms with E-state index < -0.39 is 5.91 Å². The number of carbonyl (C=O) groups excluding carboxylic acids is 2. The highest BCUT2D eigenvalue weighted by atomic mass is 32.1. The Balaban J connectivity index is 0.000000268. The predicted octanol–water partition coefficient (Wildman–Crippen LogP) is 6.19. The average Bonchev–Trinajstić information content (AvgIpc) is 3.24. The lowest BCUT2D eigenvalue weighted by Gasteiger charge is -2.25. The lowest BCUT2D eigenvalue weighted by atomic mass is 9.86. The molecule has 2 aromatic heterocycles. The fourth-order valence-electron chi connectivity index (χ4n) is 3.54. The molecule has 4 rings (SSSR count). The van der Waals surface area contributed by atoms with Crippen molar-refractivity contribution in [2.24, 2.45) is 5.73 Å². The first-order chi connectivity index (χ1) is 16.1. The zero-order valence-electron chi connectivity index (χ0n) is 20.3. The molecule has 7 nitrogen and oxygen atoms in total. The molecule has 1 fully saturated rings. The number of nitrogens with two attached hydrogens (primary N) is 1. The minimum Gasteiger partial charge on any atom is -0.364 e. The molecule has 3 aromatic rings. The van der Waals surface area contributed by atoms with Gasteiger partial charge in [-0.05, 0) is 49.3 Å². The number of nitrogens with one attached hydrogen (secondary N) is 1. The third-order valence-electron chi connectivity index (χ3n) is 5.54. The van der Waals surface area contributed by atoms with Crippen LogP contribution in [0.25, 0.3) is 0 Å². The summed E-state index contributed by atoms with van der Waals surface area (Å²) in [5, 5.41) is 4.63. The molecule has 8 heteroatoms. The topological polar surface area (TPSA) is 101 Å². The maximum Gasteiger partial charge on any atom is 0.270 e. The number of Topliss-reactive ketones (excluding diaryl/α,β-unsaturated/α-hetero) is 1. The average molecular weight is 496 g/mol. The Bertz CT molecular complexity index is 1100. The van der Waals surface area contributed by atoms with Gasteiger partial charge in [0.15, 0.2) is 16.6 Å². The van der Waals surface area contributed by atoms with E-state index in [9.17, 15) is 9.59 Å². The van der Waals surface area contributed by atoms with Crippen LogP contribution in [0.1, 0.15) is 80.8 Å². The van der Waals surface area contributed by atoms with Gasteiger partial charge >= 0.3 is 0 Å². The number of primary amides is 1. The Morgan fingerprint density at radius 2 is 1.69 bits per heavy atom. The number of nitrogens with zero attached hydrogens (tertiary/aromatic N) is 3. The van der Waals surface area contributed by atoms with Gasteiger partial charge in [0.2, 0.25) is 0 Å². The number of piperidine rings is 1. The fourth-order valence-corrected chi connectivity index (χ4v) is 4.57. The van der Waals surface area contributed by atoms with Gasteiger partial charge in [-0.25, -0.2) is 9.97 Å². The van der Waals surface area contributed by atoms with E-state index in [-0.39, 0.29) is 24.3 Å². The lowest BCUT2D eigenvalue weighted by Crippen LogP contribution is -2.29. The van der Waals surface area contributed by atoms with Crippen molar-refractivity contribution >= 4 is 39.0 Å². The summed E-state index contributed by atoms with van der Waals surface area (Å²) in [6.07, 6.45) is 5.27. The van der Waals surface area contributed by atoms with Crippen LogP contribution in [0.3, 0.4) is 0 Å². The molecule has 1 aromatic carbocycles. The van der Waals surface area contributed by atoms with E-state index >= 15 is 0 Å². The van der Waals surface area contributed by atoms with Crippen LogP contribution in [0.5, 0.6) is 0 Å². The Hall–Kier alpha value is -3.26. The molecule has 0 spiro atoms. The van der Waals surface area contributed by atoms with Crippen LogP contribution in [0.15, 0.2) is 48.7 Å². The number of carbonyl (C=O) groups is 2. The van der Waals surface area contributed by atoms with E-state index in [0.29, 0.717) is 10.8 Å². The summed E-state index contributed by atoms with van der Waals surface area (Å²) in [5.41, 5.74) is 7.93. The summed E-state index contributed by atoms with van der Waals surface area (Å²) >= 11 is 1.45. The highest BCUT2D eigenvalue weighted by molar-refractivity contribution is 7.20. The third-order valence-corrected chi connectivity index (χ3v) is 6.57. The molecule has 0 unspecified atom stereocenters. The molecular weight excluding hydrogens is 458 g/mol. The summed E-state index contributed by atoms with van der Waals surface area (Å²) in [5.74, 6) is 0.280. The largest absolute Gasteiger partial charge is 0.364 e. The van der Waals surface area contributed by atoms with E-state index in [1.165, 1.54) is 23.3 Å². The number of anilines is 3. The zero-order chi connectivity index (χ0) is 24.7. The molecule has 0 aliphatic carbocycles. The van der Waals surface area contributed by atoms with Crippen molar-refractivity contribution in [1.29, 1.82) is 0 Å². The normalized spacial score (nSPS) is 13.2. The molecule has 0 radical (unpaired) electrons. The van der Waals surface area contributed by atoms with Crippen LogP contribution in [0.2, 0.25) is 0 Å². The second-order valence-corrected chi connectivity index (χ2v) is 10.3. The molecule has 0 atom stereocenters. The SMILES string of the molecule is C.CC(=O)c1ccc(C(C)(C)C)cc1.NC(=O)c1nc(N2CCCCC2)sc1Nc1ccccn1. The van der Waals surface area contributed by atoms with Crippen LogP contribution in [0.4, 0.5) is 16.0 Å². The van der Waals surface area contributed by atoms with Gasteiger partial charge in [0.25, 0.3) is 5.91 Å². The molecule has 1 saturated heterocycles. The van der Waals surface area contributed by atoms with Gasteiger partial charge in [-0.2, -0.15) is 0 Å². The van der Waals surface area contributed by atoms with Gasteiger partial charge in [-0.3, -0.25) is 9.59 Å². The van der Waals surface area contributed by atoms with E-state index in [1.54, 1.807) is 13.1 Å². The van der Waals surface area contributed by atoms with Crippen molar-refractivity contribution in [3.05, 3.63) is 65.5 Å². The number of thiazole rings is 1. The molecule has 188 valence electrons. The molecule has 3 N–H and O–H groups in total. The Labute approximate surface area is 212 Å². The van der Waals surface area contributed by atoms with Crippen molar-refractivity contribution in [3.8, 4) is 0 Å². The Kier molecular flexibility index (Phi) is 9.95. The molecule has 0 bridgehead atoms. The maximum atomic E-state index is 11.6. The number of pyridine rings is 1. The Morgan fingerprint density at radius 3 is 2.20 bits per heavy atom. The van der Waals surface area contributed by atoms with E-state index in [2.05, 4.69) is 41.0 Å². The highest BCUT2D eigenvalue weighted by Gasteiger charge is 2.21. The third kappa shape index (κ3) is 7.89. The number of ketones is 1. The standard InChI is InChI=1S/C14H17N5OS.C12H16O.CH4/c15-12(20)11-13(17-10-6-2-3-7-16-10)21-14(18-11)19-8-4-1-5-9-19;1-9(13)10-5-7-11(8-6-10)12(2,3)4;/h2-3,6-7H,1,4-5,8-9H2,(H2,15,20)(H,16,17);5-8H,1-4H3;1H4. The van der Waals surface area contributed by atoms with Gasteiger partial charge in [-0.1, -0.05) is 69.9 Å². The molecule has 1 aliphatic rings. The molecule has 35 heavy (non-hydrogen) atoms. The zero-order valence-corrected chi connectivity index (χ0v) is 21.1. The summed E-state index contributed by atoms with van der Waals surface area (Å²) in [6.45, 7) is 10.0. The van der Waals surface area contributed by atoms with Crippen LogP contribution in [0, 0.1) is 0 Å². The number of benzene rings is 1. The Morgan fingerprint density at radius 1 is 1.03 bits per heavy atom. The van der Waals surface area contributed by atoms with Crippen LogP contribution in [-0.2, 0) is 5.41 Å². The van der Waals surface area contributed by atoms with Crippen molar-refractivity contribution in [2.75, 3.05) is 23.3 Å². The number of hydrogen-bond acceptors (Lipinski definition) is 7.